The summed E-state index contributed by atoms with van der Waals surface area (Å²) in [6.07, 6.45) is 1.91. The van der Waals surface area contributed by atoms with Gasteiger partial charge in [-0.25, -0.2) is 4.79 Å². The standard InChI is InChI=1S/C64H91N15O13/c1-3-67-64(92)75-63(66)71-27-8-13-53(61(90)72-39-46-16-24-51(80)25-17-46)74-59(88)44(2)47-20-22-50(23-21-47)68-28-9-29-69-60(89)52(65)12-7-26-70-62(91)54(38-45-14-18-49(19-15-45)48-10-5-4-6-11-48)73-55(81)40-76-30-32-77(41-56(82)83)34-36-79(43-58(86)87)37-35-78(33-31-76)42-57(84)85/h4-6,10-11,14-25,44,52-54,68,80H,3,7-9,12-13,26-43,65H2,1-2H3,(H,69,89)(H,70,91)(H,72,90)(H,73,81)(H,74,88)(H,82,83)(H,84,85)(H,86,87)(H4,66,67,71,75,92)/t44?,52-,53-,54-/m1/s1. The second kappa shape index (κ2) is 39.8. The molecule has 0 aromatic heterocycles. The van der Waals surface area contributed by atoms with E-state index in [1.54, 1.807) is 45.6 Å². The van der Waals surface area contributed by atoms with Crippen molar-refractivity contribution >= 4 is 65.1 Å². The first-order valence-electron chi connectivity index (χ1n) is 31.0. The summed E-state index contributed by atoms with van der Waals surface area (Å²) in [5.41, 5.74) is 17.1. The first kappa shape index (κ1) is 73.5. The number of aliphatic imine (C=N–C) groups is 1. The molecule has 7 amide bonds. The van der Waals surface area contributed by atoms with E-state index in [9.17, 15) is 63.6 Å². The molecule has 4 aromatic rings. The third-order valence-electron chi connectivity index (χ3n) is 15.2. The van der Waals surface area contributed by atoms with Crippen LogP contribution in [-0.2, 0) is 51.3 Å². The fraction of sp³-hybridized carbons (Fsp3) is 0.469. The molecule has 5 rings (SSSR count). The Hall–Kier alpha value is -9.22. The number of nitrogens with two attached hydrogens (primary N) is 2. The van der Waals surface area contributed by atoms with Gasteiger partial charge in [0.25, 0.3) is 0 Å². The third kappa shape index (κ3) is 28.3. The Morgan fingerprint density at radius 1 is 0.522 bits per heavy atom. The van der Waals surface area contributed by atoms with Crippen LogP contribution in [0, 0.1) is 0 Å². The van der Waals surface area contributed by atoms with Crippen LogP contribution in [0.25, 0.3) is 11.1 Å². The normalized spacial score (nSPS) is 15.1. The quantitative estimate of drug-likeness (QED) is 0.0174. The molecule has 1 heterocycles. The van der Waals surface area contributed by atoms with Gasteiger partial charge in [0.2, 0.25) is 29.5 Å². The molecule has 16 N–H and O–H groups in total. The molecule has 28 nitrogen and oxygen atoms in total. The van der Waals surface area contributed by atoms with Gasteiger partial charge < -0.3 is 74.4 Å². The number of benzene rings is 4. The Morgan fingerprint density at radius 2 is 1.02 bits per heavy atom. The molecule has 92 heavy (non-hydrogen) atoms. The number of nitrogens with one attached hydrogen (secondary N) is 8. The van der Waals surface area contributed by atoms with E-state index >= 15 is 0 Å². The first-order valence-corrected chi connectivity index (χ1v) is 31.0. The third-order valence-corrected chi connectivity index (χ3v) is 15.2. The predicted octanol–water partition coefficient (Wildman–Crippen LogP) is 0.723. The summed E-state index contributed by atoms with van der Waals surface area (Å²) >= 11 is 0. The zero-order valence-corrected chi connectivity index (χ0v) is 52.4. The highest BCUT2D eigenvalue weighted by atomic mass is 16.4. The maximum atomic E-state index is 14.0. The molecule has 500 valence electrons. The average Bonchev–Trinajstić information content (AvgIpc) is 1.35. The monoisotopic (exact) mass is 1280 g/mol. The zero-order valence-electron chi connectivity index (χ0n) is 52.4. The molecule has 4 aromatic carbocycles. The van der Waals surface area contributed by atoms with Crippen molar-refractivity contribution in [2.24, 2.45) is 16.5 Å². The van der Waals surface area contributed by atoms with E-state index in [1.807, 2.05) is 78.9 Å². The van der Waals surface area contributed by atoms with E-state index in [4.69, 9.17) is 11.5 Å². The van der Waals surface area contributed by atoms with Crippen LogP contribution in [0.4, 0.5) is 10.5 Å². The second-order valence-corrected chi connectivity index (χ2v) is 22.5. The molecule has 4 atom stereocenters. The highest BCUT2D eigenvalue weighted by Crippen LogP contribution is 2.21. The summed E-state index contributed by atoms with van der Waals surface area (Å²) in [4.78, 5) is 126. The Balaban J connectivity index is 1.09. The number of phenolic OH excluding ortho intramolecular Hbond substituents is 1. The molecule has 0 saturated carbocycles. The molecule has 0 bridgehead atoms. The molecule has 0 radical (unpaired) electrons. The molecule has 0 aliphatic carbocycles. The van der Waals surface area contributed by atoms with Crippen LogP contribution in [0.5, 0.6) is 5.75 Å². The summed E-state index contributed by atoms with van der Waals surface area (Å²) < 4.78 is 0. The van der Waals surface area contributed by atoms with Crippen LogP contribution in [0.1, 0.15) is 68.6 Å². The van der Waals surface area contributed by atoms with Gasteiger partial charge in [0, 0.05) is 104 Å². The van der Waals surface area contributed by atoms with Gasteiger partial charge in [-0.3, -0.25) is 58.0 Å². The number of hydrogen-bond donors (Lipinski definition) is 14. The van der Waals surface area contributed by atoms with Crippen molar-refractivity contribution in [1.82, 2.24) is 56.8 Å². The minimum atomic E-state index is -1.08. The highest BCUT2D eigenvalue weighted by molar-refractivity contribution is 5.92. The summed E-state index contributed by atoms with van der Waals surface area (Å²) in [5, 5.41) is 61.6. The Kier molecular flexibility index (Phi) is 31.8. The molecule has 1 aliphatic heterocycles. The fourth-order valence-corrected chi connectivity index (χ4v) is 9.98. The lowest BCUT2D eigenvalue weighted by Crippen LogP contribution is -2.53. The van der Waals surface area contributed by atoms with Crippen molar-refractivity contribution in [2.45, 2.75) is 83.0 Å². The van der Waals surface area contributed by atoms with Gasteiger partial charge in [-0.15, -0.1) is 0 Å². The van der Waals surface area contributed by atoms with Crippen LogP contribution in [0.15, 0.2) is 108 Å². The van der Waals surface area contributed by atoms with Crippen LogP contribution in [0.2, 0.25) is 0 Å². The van der Waals surface area contributed by atoms with Crippen molar-refractivity contribution in [1.29, 1.82) is 0 Å². The predicted molar refractivity (Wildman–Crippen MR) is 347 cm³/mol. The van der Waals surface area contributed by atoms with Crippen LogP contribution in [-0.4, -0.2) is 229 Å². The number of guanidine groups is 1. The number of carbonyl (C=O) groups excluding carboxylic acids is 6. The Labute approximate surface area is 536 Å². The Morgan fingerprint density at radius 3 is 1.59 bits per heavy atom. The number of carboxylic acid groups (broad SMARTS) is 3. The smallest absolute Gasteiger partial charge is 0.344 e. The van der Waals surface area contributed by atoms with Gasteiger partial charge in [-0.2, -0.15) is 4.99 Å². The van der Waals surface area contributed by atoms with E-state index in [0.717, 1.165) is 27.9 Å². The van der Waals surface area contributed by atoms with Gasteiger partial charge in [0.1, 0.15) is 17.8 Å². The van der Waals surface area contributed by atoms with Crippen LogP contribution < -0.4 is 54.0 Å². The van der Waals surface area contributed by atoms with Gasteiger partial charge >= 0.3 is 23.9 Å². The van der Waals surface area contributed by atoms with Gasteiger partial charge in [-0.1, -0.05) is 78.9 Å². The van der Waals surface area contributed by atoms with E-state index in [0.29, 0.717) is 44.5 Å². The molecular weight excluding hydrogens is 1190 g/mol. The number of anilines is 1. The fourth-order valence-electron chi connectivity index (χ4n) is 9.98. The second-order valence-electron chi connectivity index (χ2n) is 22.5. The van der Waals surface area contributed by atoms with Crippen molar-refractivity contribution < 1.29 is 63.6 Å². The lowest BCUT2D eigenvalue weighted by molar-refractivity contribution is -0.140. The number of urea groups is 1. The maximum absolute atomic E-state index is 14.0. The van der Waals surface area contributed by atoms with Crippen LogP contribution >= 0.6 is 0 Å². The molecule has 28 heteroatoms. The number of amides is 7. The van der Waals surface area contributed by atoms with E-state index in [1.165, 1.54) is 12.1 Å². The number of aliphatic carboxylic acids is 3. The lowest BCUT2D eigenvalue weighted by Gasteiger charge is -2.33. The number of carboxylic acids is 3. The number of aromatic hydroxyl groups is 1. The lowest BCUT2D eigenvalue weighted by atomic mass is 9.99. The molecular formula is C64H91N15O13. The van der Waals surface area contributed by atoms with Gasteiger partial charge in [0.05, 0.1) is 38.1 Å². The van der Waals surface area contributed by atoms with E-state index in [-0.39, 0.29) is 141 Å². The van der Waals surface area contributed by atoms with E-state index in [2.05, 4.69) is 47.5 Å². The number of nitrogens with zero attached hydrogens (tertiary/aromatic N) is 5. The van der Waals surface area contributed by atoms with Gasteiger partial charge in [0.15, 0.2) is 5.96 Å². The number of carbonyl (C=O) groups is 9. The molecule has 1 saturated heterocycles. The van der Waals surface area contributed by atoms with E-state index < -0.39 is 65.7 Å². The average molecular weight is 1280 g/mol. The van der Waals surface area contributed by atoms with Crippen LogP contribution in [0.3, 0.4) is 0 Å². The molecule has 1 unspecified atom stereocenters. The molecule has 1 fully saturated rings. The topological polar surface area (TPSA) is 408 Å². The number of rotatable bonds is 34. The number of hydrogen-bond acceptors (Lipinski definition) is 16. The first-order chi connectivity index (χ1) is 44.1. The SMILES string of the molecule is CCNC(=O)/N=C(/N)NCCC[C@@H](NC(=O)C(C)c1ccc(NCCCNC(=O)[C@H](N)CCCNC(=O)[C@@H](Cc2ccc(-c3ccccc3)cc2)NC(=O)CN2CCN(CC(=O)O)CCN(CC(=O)O)CCN(CC(=O)O)CC2)cc1)C(=O)NCc1ccc(O)cc1. The van der Waals surface area contributed by atoms with Crippen molar-refractivity contribution in [2.75, 3.05) is 117 Å². The summed E-state index contributed by atoms with van der Waals surface area (Å²) in [6, 6.07) is 27.7. The summed E-state index contributed by atoms with van der Waals surface area (Å²) in [6.45, 7) is 5.83. The maximum Gasteiger partial charge on any atom is 0.344 e. The van der Waals surface area contributed by atoms with Crippen molar-refractivity contribution in [3.05, 3.63) is 120 Å². The van der Waals surface area contributed by atoms with Crippen molar-refractivity contribution in [3.8, 4) is 16.9 Å². The highest BCUT2D eigenvalue weighted by Gasteiger charge is 2.27. The molecule has 1 aliphatic rings. The largest absolute Gasteiger partial charge is 0.508 e. The molecule has 0 spiro atoms. The Bertz CT molecular complexity index is 3000. The summed E-state index contributed by atoms with van der Waals surface area (Å²) in [7, 11) is 0. The summed E-state index contributed by atoms with van der Waals surface area (Å²) in [5.74, 6) is -5.94. The van der Waals surface area contributed by atoms with Gasteiger partial charge in [-0.05, 0) is 98.0 Å². The van der Waals surface area contributed by atoms with Crippen molar-refractivity contribution in [3.63, 3.8) is 0 Å². The number of phenols is 1. The zero-order chi connectivity index (χ0) is 66.8. The minimum absolute atomic E-state index is 0.0816. The minimum Gasteiger partial charge on any atom is -0.508 e.